The third kappa shape index (κ3) is 2.88. The lowest BCUT2D eigenvalue weighted by molar-refractivity contribution is -0.117. The number of nitrogens with one attached hydrogen (secondary N) is 2. The first-order valence-corrected chi connectivity index (χ1v) is 7.53. The summed E-state index contributed by atoms with van der Waals surface area (Å²) in [5.41, 5.74) is 2.84. The van der Waals surface area contributed by atoms with Crippen molar-refractivity contribution in [1.82, 2.24) is 4.57 Å². The fourth-order valence-corrected chi connectivity index (χ4v) is 2.72. The number of fused-ring (bicyclic) bond motifs is 1. The van der Waals surface area contributed by atoms with Crippen LogP contribution in [0.4, 0.5) is 11.4 Å². The van der Waals surface area contributed by atoms with Crippen molar-refractivity contribution in [3.63, 3.8) is 0 Å². The highest BCUT2D eigenvalue weighted by molar-refractivity contribution is 5.96. The number of hydrogen-bond acceptors (Lipinski definition) is 3. The maximum atomic E-state index is 12.4. The van der Waals surface area contributed by atoms with Crippen molar-refractivity contribution < 1.29 is 4.79 Å². The van der Waals surface area contributed by atoms with Crippen molar-refractivity contribution in [2.75, 3.05) is 10.6 Å². The molecule has 2 heterocycles. The summed E-state index contributed by atoms with van der Waals surface area (Å²) in [6, 6.07) is 10.9. The minimum Gasteiger partial charge on any atom is -0.373 e. The molecule has 5 nitrogen and oxygen atoms in total. The van der Waals surface area contributed by atoms with Crippen LogP contribution in [0.15, 0.2) is 47.4 Å². The number of nitrogens with zero attached hydrogens (tertiary/aromatic N) is 1. The number of pyridine rings is 1. The van der Waals surface area contributed by atoms with Gasteiger partial charge in [-0.2, -0.15) is 0 Å². The van der Waals surface area contributed by atoms with E-state index in [1.165, 1.54) is 11.6 Å². The molecule has 1 atom stereocenters. The first-order chi connectivity index (χ1) is 10.7. The lowest BCUT2D eigenvalue weighted by Gasteiger charge is -2.26. The van der Waals surface area contributed by atoms with Gasteiger partial charge in [-0.05, 0) is 37.5 Å². The zero-order valence-corrected chi connectivity index (χ0v) is 12.5. The van der Waals surface area contributed by atoms with E-state index in [4.69, 9.17) is 0 Å². The molecule has 1 aromatic heterocycles. The smallest absolute Gasteiger partial charge is 0.250 e. The van der Waals surface area contributed by atoms with Crippen LogP contribution in [0.5, 0.6) is 0 Å². The molecule has 0 bridgehead atoms. The zero-order valence-electron chi connectivity index (χ0n) is 12.5. The van der Waals surface area contributed by atoms with E-state index in [0.717, 1.165) is 18.5 Å². The number of hydrogen-bond donors (Lipinski definition) is 2. The molecule has 114 valence electrons. The molecule has 1 aromatic carbocycles. The molecule has 3 rings (SSSR count). The highest BCUT2D eigenvalue weighted by Crippen LogP contribution is 2.24. The van der Waals surface area contributed by atoms with Crippen LogP contribution in [0, 0.1) is 0 Å². The Balaban J connectivity index is 1.72. The van der Waals surface area contributed by atoms with Gasteiger partial charge in [0, 0.05) is 24.5 Å². The lowest BCUT2D eigenvalue weighted by Crippen LogP contribution is -2.37. The van der Waals surface area contributed by atoms with Crippen molar-refractivity contribution in [1.29, 1.82) is 0 Å². The van der Waals surface area contributed by atoms with Crippen molar-refractivity contribution in [2.24, 2.45) is 0 Å². The topological polar surface area (TPSA) is 63.1 Å². The maximum Gasteiger partial charge on any atom is 0.250 e. The second kappa shape index (κ2) is 6.05. The summed E-state index contributed by atoms with van der Waals surface area (Å²) in [4.78, 5) is 24.0. The van der Waals surface area contributed by atoms with Crippen molar-refractivity contribution in [2.45, 2.75) is 32.4 Å². The average molecular weight is 297 g/mol. The number of para-hydroxylation sites is 1. The molecule has 2 N–H and O–H groups in total. The molecule has 0 fully saturated rings. The summed E-state index contributed by atoms with van der Waals surface area (Å²) >= 11 is 0. The highest BCUT2D eigenvalue weighted by atomic mass is 16.2. The SMILES string of the molecule is CCn1cc(NC(=O)C2CCc3ccccc3N2)ccc1=O. The molecule has 0 aliphatic carbocycles. The Kier molecular flexibility index (Phi) is 3.96. The number of rotatable bonds is 3. The molecule has 2 aromatic rings. The molecular weight excluding hydrogens is 278 g/mol. The number of anilines is 2. The lowest BCUT2D eigenvalue weighted by atomic mass is 9.97. The van der Waals surface area contributed by atoms with Gasteiger partial charge in [-0.15, -0.1) is 0 Å². The van der Waals surface area contributed by atoms with E-state index in [-0.39, 0.29) is 17.5 Å². The summed E-state index contributed by atoms with van der Waals surface area (Å²) < 4.78 is 1.57. The maximum absolute atomic E-state index is 12.4. The van der Waals surface area contributed by atoms with E-state index in [9.17, 15) is 9.59 Å². The number of carbonyl (C=O) groups excluding carboxylic acids is 1. The molecule has 0 saturated carbocycles. The summed E-state index contributed by atoms with van der Waals surface area (Å²) in [6.07, 6.45) is 3.32. The van der Waals surface area contributed by atoms with Crippen LogP contribution in [-0.2, 0) is 17.8 Å². The third-order valence-electron chi connectivity index (χ3n) is 3.96. The van der Waals surface area contributed by atoms with Gasteiger partial charge in [0.1, 0.15) is 6.04 Å². The monoisotopic (exact) mass is 297 g/mol. The van der Waals surface area contributed by atoms with Gasteiger partial charge < -0.3 is 15.2 Å². The van der Waals surface area contributed by atoms with E-state index in [1.54, 1.807) is 16.8 Å². The van der Waals surface area contributed by atoms with Gasteiger partial charge in [0.2, 0.25) is 5.91 Å². The standard InChI is InChI=1S/C17H19N3O2/c1-2-20-11-13(8-10-16(20)21)18-17(22)15-9-7-12-5-3-4-6-14(12)19-15/h3-6,8,10-11,15,19H,2,7,9H2,1H3,(H,18,22). The van der Waals surface area contributed by atoms with Gasteiger partial charge in [-0.3, -0.25) is 9.59 Å². The molecule has 22 heavy (non-hydrogen) atoms. The molecule has 5 heteroatoms. The van der Waals surface area contributed by atoms with Crippen LogP contribution < -0.4 is 16.2 Å². The Morgan fingerprint density at radius 1 is 1.32 bits per heavy atom. The molecule has 0 radical (unpaired) electrons. The highest BCUT2D eigenvalue weighted by Gasteiger charge is 2.23. The number of aryl methyl sites for hydroxylation is 2. The fraction of sp³-hybridized carbons (Fsp3) is 0.294. The van der Waals surface area contributed by atoms with Gasteiger partial charge in [-0.1, -0.05) is 18.2 Å². The first-order valence-electron chi connectivity index (χ1n) is 7.53. The molecule has 1 aliphatic rings. The normalized spacial score (nSPS) is 16.5. The van der Waals surface area contributed by atoms with Gasteiger partial charge in [-0.25, -0.2) is 0 Å². The van der Waals surface area contributed by atoms with Crippen LogP contribution in [0.3, 0.4) is 0 Å². The van der Waals surface area contributed by atoms with Gasteiger partial charge in [0.15, 0.2) is 0 Å². The predicted octanol–water partition coefficient (Wildman–Crippen LogP) is 2.23. The van der Waals surface area contributed by atoms with Crippen LogP contribution in [0.1, 0.15) is 18.9 Å². The van der Waals surface area contributed by atoms with E-state index in [0.29, 0.717) is 12.2 Å². The molecular formula is C17H19N3O2. The second-order valence-electron chi connectivity index (χ2n) is 5.42. The molecule has 1 amide bonds. The zero-order chi connectivity index (χ0) is 15.5. The summed E-state index contributed by atoms with van der Waals surface area (Å²) in [6.45, 7) is 2.48. The van der Waals surface area contributed by atoms with Crippen LogP contribution >= 0.6 is 0 Å². The van der Waals surface area contributed by atoms with Crippen LogP contribution in [0.25, 0.3) is 0 Å². The Hall–Kier alpha value is -2.56. The van der Waals surface area contributed by atoms with Crippen molar-refractivity contribution in [3.8, 4) is 0 Å². The van der Waals surface area contributed by atoms with E-state index in [2.05, 4.69) is 16.7 Å². The largest absolute Gasteiger partial charge is 0.373 e. The van der Waals surface area contributed by atoms with E-state index < -0.39 is 0 Å². The fourth-order valence-electron chi connectivity index (χ4n) is 2.72. The number of aromatic nitrogens is 1. The van der Waals surface area contributed by atoms with E-state index >= 15 is 0 Å². The number of amides is 1. The first kappa shape index (κ1) is 14.4. The number of benzene rings is 1. The summed E-state index contributed by atoms with van der Waals surface area (Å²) in [7, 11) is 0. The Labute approximate surface area is 129 Å². The Morgan fingerprint density at radius 2 is 2.14 bits per heavy atom. The van der Waals surface area contributed by atoms with Crippen LogP contribution in [0.2, 0.25) is 0 Å². The Morgan fingerprint density at radius 3 is 2.95 bits per heavy atom. The third-order valence-corrected chi connectivity index (χ3v) is 3.96. The molecule has 0 saturated heterocycles. The summed E-state index contributed by atoms with van der Waals surface area (Å²) in [5, 5.41) is 6.16. The molecule has 0 spiro atoms. The second-order valence-corrected chi connectivity index (χ2v) is 5.42. The average Bonchev–Trinajstić information content (AvgIpc) is 2.56. The Bertz CT molecular complexity index is 752. The molecule has 1 unspecified atom stereocenters. The van der Waals surface area contributed by atoms with Gasteiger partial charge >= 0.3 is 0 Å². The van der Waals surface area contributed by atoms with Gasteiger partial charge in [0.05, 0.1) is 5.69 Å². The number of carbonyl (C=O) groups is 1. The summed E-state index contributed by atoms with van der Waals surface area (Å²) in [5.74, 6) is -0.0733. The van der Waals surface area contributed by atoms with Crippen molar-refractivity contribution in [3.05, 3.63) is 58.5 Å². The van der Waals surface area contributed by atoms with Gasteiger partial charge in [0.25, 0.3) is 5.56 Å². The predicted molar refractivity (Wildman–Crippen MR) is 87.2 cm³/mol. The minimum atomic E-state index is -0.253. The minimum absolute atomic E-state index is 0.0646. The quantitative estimate of drug-likeness (QED) is 0.913. The van der Waals surface area contributed by atoms with E-state index in [1.807, 2.05) is 25.1 Å². The van der Waals surface area contributed by atoms with Crippen molar-refractivity contribution >= 4 is 17.3 Å². The molecule has 1 aliphatic heterocycles. The van der Waals surface area contributed by atoms with Crippen LogP contribution in [-0.4, -0.2) is 16.5 Å².